The molecule has 0 amide bonds. The Bertz CT molecular complexity index is 2550. The van der Waals surface area contributed by atoms with Crippen LogP contribution in [0.3, 0.4) is 0 Å². The first kappa shape index (κ1) is 28.5. The average Bonchev–Trinajstić information content (AvgIpc) is 3.80. The van der Waals surface area contributed by atoms with Gasteiger partial charge in [-0.2, -0.15) is 0 Å². The molecule has 0 unspecified atom stereocenters. The molecular formula is C44H30N4O. The first-order valence-electron chi connectivity index (χ1n) is 16.4. The average molecular weight is 631 g/mol. The van der Waals surface area contributed by atoms with E-state index in [9.17, 15) is 0 Å². The minimum absolute atomic E-state index is 0.699. The first-order chi connectivity index (χ1) is 24.3. The van der Waals surface area contributed by atoms with Gasteiger partial charge in [0.25, 0.3) is 0 Å². The Morgan fingerprint density at radius 3 is 1.53 bits per heavy atom. The summed E-state index contributed by atoms with van der Waals surface area (Å²) in [7, 11) is 0. The van der Waals surface area contributed by atoms with Crippen molar-refractivity contribution in [1.29, 1.82) is 0 Å². The van der Waals surface area contributed by atoms with Crippen LogP contribution in [0.4, 0.5) is 0 Å². The van der Waals surface area contributed by atoms with Crippen molar-refractivity contribution < 1.29 is 4.74 Å². The van der Waals surface area contributed by atoms with Gasteiger partial charge in [0.15, 0.2) is 11.6 Å². The molecule has 232 valence electrons. The second-order valence-corrected chi connectivity index (χ2v) is 11.9. The third-order valence-electron chi connectivity index (χ3n) is 9.02. The van der Waals surface area contributed by atoms with Gasteiger partial charge in [-0.15, -0.1) is 10.2 Å². The Balaban J connectivity index is 1.15. The van der Waals surface area contributed by atoms with Crippen LogP contribution in [-0.2, 0) is 0 Å². The Hall–Kier alpha value is -6.72. The zero-order valence-corrected chi connectivity index (χ0v) is 26.5. The molecule has 0 atom stereocenters. The van der Waals surface area contributed by atoms with E-state index in [0.717, 1.165) is 56.4 Å². The largest absolute Gasteiger partial charge is 0.456 e. The van der Waals surface area contributed by atoms with E-state index < -0.39 is 0 Å². The number of benzene rings is 7. The second-order valence-electron chi connectivity index (χ2n) is 11.9. The van der Waals surface area contributed by atoms with Crippen LogP contribution in [-0.4, -0.2) is 19.7 Å². The van der Waals surface area contributed by atoms with Gasteiger partial charge in [0, 0.05) is 38.6 Å². The lowest BCUT2D eigenvalue weighted by atomic mass is 9.98. The summed E-state index contributed by atoms with van der Waals surface area (Å²) in [6.45, 7) is 0. The molecule has 0 bridgehead atoms. The van der Waals surface area contributed by atoms with Crippen molar-refractivity contribution in [1.82, 2.24) is 19.7 Å². The number of aromatic nitrogens is 4. The van der Waals surface area contributed by atoms with Crippen LogP contribution in [0.1, 0.15) is 0 Å². The number of H-pyrrole nitrogens is 1. The molecule has 2 aromatic heterocycles. The van der Waals surface area contributed by atoms with Gasteiger partial charge in [-0.1, -0.05) is 146 Å². The van der Waals surface area contributed by atoms with Crippen LogP contribution in [0.15, 0.2) is 176 Å². The monoisotopic (exact) mass is 630 g/mol. The first-order valence-corrected chi connectivity index (χ1v) is 16.4. The molecule has 0 saturated heterocycles. The SMILES string of the molecule is c1ccc(-c2nnc(-c3ccccc3-c3ccccc3Oc3ccccc3-c3ccccc3-n3c4ccccc4c4ccccc43)[nH]2)cc1. The predicted molar refractivity (Wildman–Crippen MR) is 199 cm³/mol. The van der Waals surface area contributed by atoms with Gasteiger partial charge < -0.3 is 14.3 Å². The molecule has 0 saturated carbocycles. The normalized spacial score (nSPS) is 11.3. The van der Waals surface area contributed by atoms with Crippen molar-refractivity contribution in [2.75, 3.05) is 0 Å². The van der Waals surface area contributed by atoms with Crippen molar-refractivity contribution in [2.45, 2.75) is 0 Å². The minimum atomic E-state index is 0.699. The van der Waals surface area contributed by atoms with Crippen molar-refractivity contribution in [2.24, 2.45) is 0 Å². The van der Waals surface area contributed by atoms with E-state index in [1.165, 1.54) is 21.8 Å². The van der Waals surface area contributed by atoms with Gasteiger partial charge in [-0.05, 0) is 35.9 Å². The maximum atomic E-state index is 6.91. The number of fused-ring (bicyclic) bond motifs is 3. The second kappa shape index (κ2) is 12.1. The Morgan fingerprint density at radius 1 is 0.388 bits per heavy atom. The molecule has 5 nitrogen and oxygen atoms in total. The highest BCUT2D eigenvalue weighted by molar-refractivity contribution is 6.09. The summed E-state index contributed by atoms with van der Waals surface area (Å²) in [6.07, 6.45) is 0. The summed E-state index contributed by atoms with van der Waals surface area (Å²) in [5.41, 5.74) is 9.40. The lowest BCUT2D eigenvalue weighted by molar-refractivity contribution is 0.486. The number of aromatic amines is 1. The quantitative estimate of drug-likeness (QED) is 0.191. The lowest BCUT2D eigenvalue weighted by Crippen LogP contribution is -1.98. The molecule has 0 aliphatic rings. The van der Waals surface area contributed by atoms with Gasteiger partial charge in [0.1, 0.15) is 11.5 Å². The Labute approximate surface area is 283 Å². The zero-order chi connectivity index (χ0) is 32.6. The fourth-order valence-corrected chi connectivity index (χ4v) is 6.79. The van der Waals surface area contributed by atoms with E-state index in [0.29, 0.717) is 5.82 Å². The van der Waals surface area contributed by atoms with E-state index in [1.54, 1.807) is 0 Å². The van der Waals surface area contributed by atoms with Crippen LogP contribution in [0.5, 0.6) is 11.5 Å². The number of rotatable bonds is 7. The number of nitrogens with zero attached hydrogens (tertiary/aromatic N) is 3. The fraction of sp³-hybridized carbons (Fsp3) is 0. The summed E-state index contributed by atoms with van der Waals surface area (Å²) in [6, 6.07) is 60.5. The van der Waals surface area contributed by atoms with Crippen molar-refractivity contribution in [3.8, 4) is 62.2 Å². The van der Waals surface area contributed by atoms with E-state index in [-0.39, 0.29) is 0 Å². The topological polar surface area (TPSA) is 55.7 Å². The van der Waals surface area contributed by atoms with Crippen LogP contribution in [0, 0.1) is 0 Å². The van der Waals surface area contributed by atoms with E-state index >= 15 is 0 Å². The summed E-state index contributed by atoms with van der Waals surface area (Å²) in [5, 5.41) is 11.5. The highest BCUT2D eigenvalue weighted by atomic mass is 16.5. The summed E-state index contributed by atoms with van der Waals surface area (Å²) in [4.78, 5) is 3.44. The van der Waals surface area contributed by atoms with Gasteiger partial charge in [0.05, 0.1) is 16.7 Å². The van der Waals surface area contributed by atoms with Crippen LogP contribution in [0.25, 0.3) is 72.5 Å². The van der Waals surface area contributed by atoms with E-state index in [1.807, 2.05) is 72.8 Å². The molecule has 0 fully saturated rings. The molecule has 2 heterocycles. The van der Waals surface area contributed by atoms with Crippen molar-refractivity contribution in [3.05, 3.63) is 176 Å². The lowest BCUT2D eigenvalue weighted by Gasteiger charge is -2.18. The van der Waals surface area contributed by atoms with Crippen LogP contribution < -0.4 is 4.74 Å². The molecule has 0 aliphatic carbocycles. The molecule has 9 aromatic rings. The number of hydrogen-bond acceptors (Lipinski definition) is 3. The minimum Gasteiger partial charge on any atom is -0.456 e. The predicted octanol–water partition coefficient (Wildman–Crippen LogP) is 11.4. The summed E-state index contributed by atoms with van der Waals surface area (Å²) >= 11 is 0. The number of para-hydroxylation sites is 5. The summed E-state index contributed by atoms with van der Waals surface area (Å²) in [5.74, 6) is 2.95. The highest BCUT2D eigenvalue weighted by Gasteiger charge is 2.19. The molecule has 0 radical (unpaired) electrons. The van der Waals surface area contributed by atoms with E-state index in [4.69, 9.17) is 4.74 Å². The van der Waals surface area contributed by atoms with Crippen LogP contribution >= 0.6 is 0 Å². The maximum absolute atomic E-state index is 6.91. The molecular weight excluding hydrogens is 601 g/mol. The Morgan fingerprint density at radius 2 is 0.857 bits per heavy atom. The van der Waals surface area contributed by atoms with E-state index in [2.05, 4.69) is 123 Å². The van der Waals surface area contributed by atoms with Crippen LogP contribution in [0.2, 0.25) is 0 Å². The fourth-order valence-electron chi connectivity index (χ4n) is 6.79. The molecule has 0 aliphatic heterocycles. The third kappa shape index (κ3) is 5.05. The maximum Gasteiger partial charge on any atom is 0.162 e. The number of hydrogen-bond donors (Lipinski definition) is 1. The van der Waals surface area contributed by atoms with Gasteiger partial charge in [-0.25, -0.2) is 0 Å². The zero-order valence-electron chi connectivity index (χ0n) is 26.5. The smallest absolute Gasteiger partial charge is 0.162 e. The van der Waals surface area contributed by atoms with Crippen molar-refractivity contribution in [3.63, 3.8) is 0 Å². The van der Waals surface area contributed by atoms with Crippen molar-refractivity contribution >= 4 is 21.8 Å². The highest BCUT2D eigenvalue weighted by Crippen LogP contribution is 2.43. The molecule has 5 heteroatoms. The number of ether oxygens (including phenoxy) is 1. The summed E-state index contributed by atoms with van der Waals surface area (Å²) < 4.78 is 9.27. The molecule has 1 N–H and O–H groups in total. The molecule has 9 rings (SSSR count). The van der Waals surface area contributed by atoms with Gasteiger partial charge in [0.2, 0.25) is 0 Å². The molecule has 0 spiro atoms. The molecule has 7 aromatic carbocycles. The standard InChI is InChI=1S/C44H30N4O/c1-2-16-30(17-3-1)43-45-44(47-46-43)37-24-5-4-18-31(37)35-22-9-14-28-41(35)49-42-29-15-10-23-36(42)34-21-8-13-27-40(34)48-38-25-11-6-19-32(38)33-20-7-12-26-39(33)48/h1-29H,(H,45,46,47). The van der Waals surface area contributed by atoms with Gasteiger partial charge >= 0.3 is 0 Å². The molecule has 49 heavy (non-hydrogen) atoms. The Kier molecular flexibility index (Phi) is 7.06. The third-order valence-corrected chi connectivity index (χ3v) is 9.02. The number of nitrogens with one attached hydrogen (secondary N) is 1. The van der Waals surface area contributed by atoms with Gasteiger partial charge in [-0.3, -0.25) is 0 Å².